The third-order valence-corrected chi connectivity index (χ3v) is 3.35. The van der Waals surface area contributed by atoms with Crippen molar-refractivity contribution in [3.05, 3.63) is 62.8 Å². The molecule has 0 amide bonds. The topological polar surface area (TPSA) is 29.5 Å². The zero-order valence-electron chi connectivity index (χ0n) is 9.87. The van der Waals surface area contributed by atoms with Crippen LogP contribution in [0.4, 0.5) is 4.39 Å². The van der Waals surface area contributed by atoms with Gasteiger partial charge in [-0.2, -0.15) is 0 Å². The van der Waals surface area contributed by atoms with Crippen LogP contribution in [0.25, 0.3) is 0 Å². The highest BCUT2D eigenvalue weighted by molar-refractivity contribution is 9.10. The Bertz CT molecular complexity index is 590. The lowest BCUT2D eigenvalue weighted by Crippen LogP contribution is -1.99. The van der Waals surface area contributed by atoms with Crippen molar-refractivity contribution in [1.29, 1.82) is 0 Å². The molecule has 0 spiro atoms. The number of hydrogen-bond acceptors (Lipinski definition) is 2. The molecule has 0 aliphatic heterocycles. The molecular weight excluding hydrogens is 335 g/mol. The molecule has 0 saturated carbocycles. The Kier molecular flexibility index (Phi) is 4.80. The van der Waals surface area contributed by atoms with Crippen LogP contribution in [0, 0.1) is 5.82 Å². The largest absolute Gasteiger partial charge is 0.489 e. The van der Waals surface area contributed by atoms with Crippen LogP contribution in [-0.2, 0) is 13.2 Å². The summed E-state index contributed by atoms with van der Waals surface area (Å²) >= 11 is 9.02. The Labute approximate surface area is 123 Å². The summed E-state index contributed by atoms with van der Waals surface area (Å²) in [6, 6.07) is 9.81. The van der Waals surface area contributed by atoms with E-state index in [0.29, 0.717) is 11.3 Å². The predicted molar refractivity (Wildman–Crippen MR) is 75.8 cm³/mol. The lowest BCUT2D eigenvalue weighted by molar-refractivity contribution is 0.259. The van der Waals surface area contributed by atoms with E-state index in [2.05, 4.69) is 15.9 Å². The van der Waals surface area contributed by atoms with E-state index in [-0.39, 0.29) is 18.2 Å². The van der Waals surface area contributed by atoms with Gasteiger partial charge >= 0.3 is 0 Å². The van der Waals surface area contributed by atoms with Gasteiger partial charge in [0.25, 0.3) is 0 Å². The van der Waals surface area contributed by atoms with Crippen molar-refractivity contribution < 1.29 is 14.2 Å². The molecule has 0 bridgehead atoms. The van der Waals surface area contributed by atoms with Crippen molar-refractivity contribution in [2.24, 2.45) is 0 Å². The van der Waals surface area contributed by atoms with Crippen LogP contribution in [0.1, 0.15) is 11.1 Å². The number of rotatable bonds is 4. The molecule has 0 fully saturated rings. The zero-order chi connectivity index (χ0) is 13.8. The van der Waals surface area contributed by atoms with Crippen LogP contribution in [0.5, 0.6) is 5.75 Å². The fraction of sp³-hybridized carbons (Fsp3) is 0.143. The third-order valence-electron chi connectivity index (χ3n) is 2.57. The predicted octanol–water partition coefficient (Wildman–Crippen LogP) is 4.31. The summed E-state index contributed by atoms with van der Waals surface area (Å²) in [6.45, 7) is 0.146. The Morgan fingerprint density at radius 3 is 2.68 bits per heavy atom. The fourth-order valence-corrected chi connectivity index (χ4v) is 2.21. The summed E-state index contributed by atoms with van der Waals surface area (Å²) in [5.74, 6) is 0.135. The SMILES string of the molecule is OCc1cc(Br)ccc1OCc1ccc(F)c(Cl)c1. The molecule has 5 heteroatoms. The van der Waals surface area contributed by atoms with E-state index in [4.69, 9.17) is 16.3 Å². The van der Waals surface area contributed by atoms with Gasteiger partial charge in [-0.1, -0.05) is 33.6 Å². The summed E-state index contributed by atoms with van der Waals surface area (Å²) in [7, 11) is 0. The summed E-state index contributed by atoms with van der Waals surface area (Å²) in [5, 5.41) is 9.32. The monoisotopic (exact) mass is 344 g/mol. The molecule has 0 saturated heterocycles. The van der Waals surface area contributed by atoms with Gasteiger partial charge in [0.15, 0.2) is 0 Å². The third kappa shape index (κ3) is 3.69. The van der Waals surface area contributed by atoms with E-state index in [1.54, 1.807) is 18.2 Å². The first-order valence-corrected chi connectivity index (χ1v) is 6.73. The maximum absolute atomic E-state index is 13.0. The number of aliphatic hydroxyl groups excluding tert-OH is 1. The van der Waals surface area contributed by atoms with Gasteiger partial charge in [-0.3, -0.25) is 0 Å². The number of benzene rings is 2. The zero-order valence-corrected chi connectivity index (χ0v) is 12.2. The second-order valence-electron chi connectivity index (χ2n) is 3.95. The van der Waals surface area contributed by atoms with E-state index in [1.807, 2.05) is 6.07 Å². The summed E-state index contributed by atoms with van der Waals surface area (Å²) in [5.41, 5.74) is 1.45. The van der Waals surface area contributed by atoms with E-state index in [9.17, 15) is 9.50 Å². The van der Waals surface area contributed by atoms with Crippen LogP contribution in [0.3, 0.4) is 0 Å². The maximum atomic E-state index is 13.0. The second-order valence-corrected chi connectivity index (χ2v) is 5.27. The Morgan fingerprint density at radius 1 is 1.21 bits per heavy atom. The van der Waals surface area contributed by atoms with E-state index < -0.39 is 5.82 Å². The van der Waals surface area contributed by atoms with Gasteiger partial charge < -0.3 is 9.84 Å². The molecule has 0 aliphatic carbocycles. The van der Waals surface area contributed by atoms with Crippen LogP contribution < -0.4 is 4.74 Å². The molecule has 2 aromatic carbocycles. The molecule has 0 aliphatic rings. The highest BCUT2D eigenvalue weighted by Crippen LogP contribution is 2.24. The minimum absolute atomic E-state index is 0.0688. The second kappa shape index (κ2) is 6.37. The van der Waals surface area contributed by atoms with Gasteiger partial charge in [-0.05, 0) is 35.9 Å². The van der Waals surface area contributed by atoms with E-state index >= 15 is 0 Å². The minimum Gasteiger partial charge on any atom is -0.489 e. The van der Waals surface area contributed by atoms with Crippen LogP contribution in [0.15, 0.2) is 40.9 Å². The molecule has 100 valence electrons. The normalized spacial score (nSPS) is 10.5. The van der Waals surface area contributed by atoms with Gasteiger partial charge in [0.05, 0.1) is 11.6 Å². The van der Waals surface area contributed by atoms with Crippen molar-refractivity contribution in [3.63, 3.8) is 0 Å². The molecule has 0 radical (unpaired) electrons. The minimum atomic E-state index is -0.454. The summed E-state index contributed by atoms with van der Waals surface area (Å²) in [6.07, 6.45) is 0. The van der Waals surface area contributed by atoms with Gasteiger partial charge in [0.1, 0.15) is 18.2 Å². The standard InChI is InChI=1S/C14H11BrClFO2/c15-11-2-4-14(10(6-11)7-18)19-8-9-1-3-13(17)12(16)5-9/h1-6,18H,7-8H2. The Balaban J connectivity index is 2.12. The lowest BCUT2D eigenvalue weighted by Gasteiger charge is -2.11. The van der Waals surface area contributed by atoms with Gasteiger partial charge in [0, 0.05) is 10.0 Å². The number of ether oxygens (including phenoxy) is 1. The summed E-state index contributed by atoms with van der Waals surface area (Å²) in [4.78, 5) is 0. The van der Waals surface area contributed by atoms with E-state index in [1.165, 1.54) is 12.1 Å². The molecule has 0 atom stereocenters. The van der Waals surface area contributed by atoms with Crippen molar-refractivity contribution in [2.45, 2.75) is 13.2 Å². The highest BCUT2D eigenvalue weighted by Gasteiger charge is 2.05. The fourth-order valence-electron chi connectivity index (χ4n) is 1.60. The van der Waals surface area contributed by atoms with Crippen LogP contribution >= 0.6 is 27.5 Å². The molecule has 0 heterocycles. The van der Waals surface area contributed by atoms with Gasteiger partial charge in [0.2, 0.25) is 0 Å². The van der Waals surface area contributed by atoms with Crippen molar-refractivity contribution in [2.75, 3.05) is 0 Å². The average Bonchev–Trinajstić information content (AvgIpc) is 2.41. The first kappa shape index (κ1) is 14.3. The van der Waals surface area contributed by atoms with Gasteiger partial charge in [-0.25, -0.2) is 4.39 Å². The molecule has 2 aromatic rings. The van der Waals surface area contributed by atoms with E-state index in [0.717, 1.165) is 10.0 Å². The van der Waals surface area contributed by atoms with Crippen LogP contribution in [-0.4, -0.2) is 5.11 Å². The quantitative estimate of drug-likeness (QED) is 0.894. The lowest BCUT2D eigenvalue weighted by atomic mass is 10.2. The average molecular weight is 346 g/mol. The molecule has 1 N–H and O–H groups in total. The molecular formula is C14H11BrClFO2. The first-order chi connectivity index (χ1) is 9.10. The number of hydrogen-bond donors (Lipinski definition) is 1. The van der Waals surface area contributed by atoms with Crippen molar-refractivity contribution in [3.8, 4) is 5.75 Å². The number of aliphatic hydroxyl groups is 1. The van der Waals surface area contributed by atoms with Crippen molar-refractivity contribution in [1.82, 2.24) is 0 Å². The van der Waals surface area contributed by atoms with Gasteiger partial charge in [-0.15, -0.1) is 0 Å². The molecule has 0 aromatic heterocycles. The summed E-state index contributed by atoms with van der Waals surface area (Å²) < 4.78 is 19.5. The number of halogens is 3. The molecule has 19 heavy (non-hydrogen) atoms. The molecule has 2 rings (SSSR count). The molecule has 0 unspecified atom stereocenters. The van der Waals surface area contributed by atoms with Crippen molar-refractivity contribution >= 4 is 27.5 Å². The maximum Gasteiger partial charge on any atom is 0.141 e. The highest BCUT2D eigenvalue weighted by atomic mass is 79.9. The molecule has 2 nitrogen and oxygen atoms in total. The Hall–Kier alpha value is -1.10. The smallest absolute Gasteiger partial charge is 0.141 e. The first-order valence-electron chi connectivity index (χ1n) is 5.56. The Morgan fingerprint density at radius 2 is 2.00 bits per heavy atom. The van der Waals surface area contributed by atoms with Crippen LogP contribution in [0.2, 0.25) is 5.02 Å².